The predicted molar refractivity (Wildman–Crippen MR) is 101 cm³/mol. The average molecular weight is 371 g/mol. The SMILES string of the molecule is COc1ccc([C@@H]2CC(=O)Nc3c(-c4ccc(Cl)cc4)nsc32)cc1. The van der Waals surface area contributed by atoms with Crippen LogP contribution in [0.1, 0.15) is 22.8 Å². The molecule has 0 bridgehead atoms. The molecule has 0 spiro atoms. The molecule has 1 N–H and O–H groups in total. The second-order valence-corrected chi connectivity index (χ2v) is 7.10. The first kappa shape index (κ1) is 16.1. The zero-order chi connectivity index (χ0) is 17.4. The molecule has 126 valence electrons. The average Bonchev–Trinajstić information content (AvgIpc) is 3.05. The minimum atomic E-state index is 0.00346. The van der Waals surface area contributed by atoms with Crippen LogP contribution in [-0.4, -0.2) is 17.4 Å². The van der Waals surface area contributed by atoms with Gasteiger partial charge in [-0.05, 0) is 41.4 Å². The Morgan fingerprint density at radius 2 is 1.88 bits per heavy atom. The van der Waals surface area contributed by atoms with Crippen LogP contribution in [0.3, 0.4) is 0 Å². The fourth-order valence-electron chi connectivity index (χ4n) is 3.04. The highest BCUT2D eigenvalue weighted by atomic mass is 35.5. The Balaban J connectivity index is 1.76. The Bertz CT molecular complexity index is 920. The van der Waals surface area contributed by atoms with Crippen molar-refractivity contribution < 1.29 is 9.53 Å². The molecule has 3 aromatic rings. The number of anilines is 1. The lowest BCUT2D eigenvalue weighted by Gasteiger charge is -2.23. The third-order valence-electron chi connectivity index (χ3n) is 4.32. The third-order valence-corrected chi connectivity index (χ3v) is 5.54. The highest BCUT2D eigenvalue weighted by molar-refractivity contribution is 7.07. The fraction of sp³-hybridized carbons (Fsp3) is 0.158. The summed E-state index contributed by atoms with van der Waals surface area (Å²) >= 11 is 7.41. The smallest absolute Gasteiger partial charge is 0.225 e. The summed E-state index contributed by atoms with van der Waals surface area (Å²) in [6, 6.07) is 15.3. The van der Waals surface area contributed by atoms with Crippen LogP contribution in [0.25, 0.3) is 11.3 Å². The van der Waals surface area contributed by atoms with E-state index in [-0.39, 0.29) is 11.8 Å². The molecule has 6 heteroatoms. The normalized spacial score (nSPS) is 16.2. The first-order valence-corrected chi connectivity index (χ1v) is 9.00. The Morgan fingerprint density at radius 3 is 2.56 bits per heavy atom. The molecule has 0 fully saturated rings. The number of methoxy groups -OCH3 is 1. The van der Waals surface area contributed by atoms with Crippen LogP contribution in [0.4, 0.5) is 5.69 Å². The summed E-state index contributed by atoms with van der Waals surface area (Å²) in [5.74, 6) is 0.812. The predicted octanol–water partition coefficient (Wildman–Crippen LogP) is 4.95. The number of nitrogens with zero attached hydrogens (tertiary/aromatic N) is 1. The van der Waals surface area contributed by atoms with Crippen molar-refractivity contribution in [2.45, 2.75) is 12.3 Å². The van der Waals surface area contributed by atoms with Crippen molar-refractivity contribution in [3.05, 3.63) is 64.0 Å². The monoisotopic (exact) mass is 370 g/mol. The van der Waals surface area contributed by atoms with Crippen LogP contribution in [0.5, 0.6) is 5.75 Å². The molecule has 2 heterocycles. The molecule has 1 aromatic heterocycles. The van der Waals surface area contributed by atoms with E-state index in [2.05, 4.69) is 9.69 Å². The summed E-state index contributed by atoms with van der Waals surface area (Å²) in [7, 11) is 1.64. The van der Waals surface area contributed by atoms with Crippen LogP contribution < -0.4 is 10.1 Å². The van der Waals surface area contributed by atoms with Crippen molar-refractivity contribution in [1.82, 2.24) is 4.37 Å². The number of amides is 1. The van der Waals surface area contributed by atoms with Gasteiger partial charge in [0, 0.05) is 22.9 Å². The number of ether oxygens (including phenoxy) is 1. The van der Waals surface area contributed by atoms with Gasteiger partial charge in [0.1, 0.15) is 11.4 Å². The molecule has 2 aromatic carbocycles. The van der Waals surface area contributed by atoms with Crippen molar-refractivity contribution in [2.75, 3.05) is 12.4 Å². The zero-order valence-electron chi connectivity index (χ0n) is 13.5. The maximum Gasteiger partial charge on any atom is 0.225 e. The fourth-order valence-corrected chi connectivity index (χ4v) is 4.14. The third kappa shape index (κ3) is 3.01. The summed E-state index contributed by atoms with van der Waals surface area (Å²) in [4.78, 5) is 13.4. The summed E-state index contributed by atoms with van der Waals surface area (Å²) in [5.41, 5.74) is 3.63. The first-order valence-electron chi connectivity index (χ1n) is 7.85. The minimum Gasteiger partial charge on any atom is -0.497 e. The van der Waals surface area contributed by atoms with E-state index in [0.717, 1.165) is 33.1 Å². The molecule has 4 nitrogen and oxygen atoms in total. The van der Waals surface area contributed by atoms with Gasteiger partial charge in [0.05, 0.1) is 17.7 Å². The number of carbonyl (C=O) groups is 1. The van der Waals surface area contributed by atoms with Gasteiger partial charge in [-0.15, -0.1) is 0 Å². The van der Waals surface area contributed by atoms with E-state index < -0.39 is 0 Å². The lowest BCUT2D eigenvalue weighted by Crippen LogP contribution is -2.22. The largest absolute Gasteiger partial charge is 0.497 e. The topological polar surface area (TPSA) is 51.2 Å². The van der Waals surface area contributed by atoms with Crippen molar-refractivity contribution in [3.8, 4) is 17.0 Å². The van der Waals surface area contributed by atoms with Gasteiger partial charge in [-0.3, -0.25) is 4.79 Å². The number of hydrogen-bond acceptors (Lipinski definition) is 4. The molecule has 0 aliphatic carbocycles. The Hall–Kier alpha value is -2.37. The van der Waals surface area contributed by atoms with E-state index in [0.29, 0.717) is 11.4 Å². The highest BCUT2D eigenvalue weighted by Gasteiger charge is 2.31. The quantitative estimate of drug-likeness (QED) is 0.710. The number of benzene rings is 2. The Kier molecular flexibility index (Phi) is 4.19. The van der Waals surface area contributed by atoms with Gasteiger partial charge in [-0.1, -0.05) is 35.9 Å². The van der Waals surface area contributed by atoms with Crippen LogP contribution in [0.2, 0.25) is 5.02 Å². The number of nitrogens with one attached hydrogen (secondary N) is 1. The van der Waals surface area contributed by atoms with Gasteiger partial charge in [-0.2, -0.15) is 4.37 Å². The van der Waals surface area contributed by atoms with Gasteiger partial charge in [0.25, 0.3) is 0 Å². The number of fused-ring (bicyclic) bond motifs is 1. The molecule has 0 radical (unpaired) electrons. The molecule has 0 saturated carbocycles. The number of carbonyl (C=O) groups excluding carboxylic acids is 1. The van der Waals surface area contributed by atoms with Crippen molar-refractivity contribution in [3.63, 3.8) is 0 Å². The Labute approximate surface area is 154 Å². The number of halogens is 1. The van der Waals surface area contributed by atoms with Crippen LogP contribution in [0.15, 0.2) is 48.5 Å². The molecule has 0 unspecified atom stereocenters. The first-order chi connectivity index (χ1) is 12.2. The van der Waals surface area contributed by atoms with Crippen LogP contribution in [-0.2, 0) is 4.79 Å². The van der Waals surface area contributed by atoms with Gasteiger partial charge < -0.3 is 10.1 Å². The van der Waals surface area contributed by atoms with E-state index in [9.17, 15) is 4.79 Å². The number of aromatic nitrogens is 1. The lowest BCUT2D eigenvalue weighted by molar-refractivity contribution is -0.116. The second-order valence-electron chi connectivity index (χ2n) is 5.86. The maximum atomic E-state index is 12.3. The molecule has 1 aliphatic rings. The molecule has 25 heavy (non-hydrogen) atoms. The van der Waals surface area contributed by atoms with Gasteiger partial charge >= 0.3 is 0 Å². The molecule has 1 atom stereocenters. The molecular formula is C19H15ClN2O2S. The highest BCUT2D eigenvalue weighted by Crippen LogP contribution is 2.44. The zero-order valence-corrected chi connectivity index (χ0v) is 15.0. The van der Waals surface area contributed by atoms with Crippen LogP contribution in [0, 0.1) is 0 Å². The summed E-state index contributed by atoms with van der Waals surface area (Å²) < 4.78 is 9.82. The lowest BCUT2D eigenvalue weighted by atomic mass is 9.89. The van der Waals surface area contributed by atoms with E-state index in [1.54, 1.807) is 7.11 Å². The summed E-state index contributed by atoms with van der Waals surface area (Å²) in [5, 5.41) is 3.67. The number of hydrogen-bond donors (Lipinski definition) is 1. The van der Waals surface area contributed by atoms with Crippen molar-refractivity contribution in [1.29, 1.82) is 0 Å². The second kappa shape index (κ2) is 6.50. The number of rotatable bonds is 3. The van der Waals surface area contributed by atoms with Gasteiger partial charge in [-0.25, -0.2) is 0 Å². The summed E-state index contributed by atoms with van der Waals surface area (Å²) in [6.07, 6.45) is 0.418. The molecule has 1 aliphatic heterocycles. The van der Waals surface area contributed by atoms with Gasteiger partial charge in [0.15, 0.2) is 0 Å². The summed E-state index contributed by atoms with van der Waals surface area (Å²) in [6.45, 7) is 0. The maximum absolute atomic E-state index is 12.3. The van der Waals surface area contributed by atoms with Crippen molar-refractivity contribution in [2.24, 2.45) is 0 Å². The van der Waals surface area contributed by atoms with E-state index in [1.807, 2.05) is 48.5 Å². The van der Waals surface area contributed by atoms with E-state index >= 15 is 0 Å². The van der Waals surface area contributed by atoms with Crippen LogP contribution >= 0.6 is 23.1 Å². The molecule has 4 rings (SSSR count). The molecule has 1 amide bonds. The minimum absolute atomic E-state index is 0.00346. The van der Waals surface area contributed by atoms with E-state index in [1.165, 1.54) is 11.5 Å². The molecule has 0 saturated heterocycles. The van der Waals surface area contributed by atoms with Gasteiger partial charge in [0.2, 0.25) is 5.91 Å². The standard InChI is InChI=1S/C19H15ClN2O2S/c1-24-14-8-4-11(5-9-14)15-10-16(23)21-18-17(22-25-19(15)18)12-2-6-13(20)7-3-12/h2-9,15H,10H2,1H3,(H,21,23)/t15-/m0/s1. The van der Waals surface area contributed by atoms with Crippen molar-refractivity contribution >= 4 is 34.7 Å². The Morgan fingerprint density at radius 1 is 1.16 bits per heavy atom. The molecular weight excluding hydrogens is 356 g/mol. The van der Waals surface area contributed by atoms with E-state index in [4.69, 9.17) is 16.3 Å².